The standard InChI is InChI=1S/C11H14BrNO2/c12-11-4-3-10(15-11)7-13-5-1-2-9(6-13)8-14/h3-4,8-9H,1-2,5-7H2. The van der Waals surface area contributed by atoms with E-state index in [0.717, 1.165) is 49.2 Å². The number of likely N-dealkylation sites (tertiary alicyclic amines) is 1. The first-order chi connectivity index (χ1) is 7.28. The van der Waals surface area contributed by atoms with Gasteiger partial charge in [0.1, 0.15) is 12.0 Å². The van der Waals surface area contributed by atoms with E-state index in [2.05, 4.69) is 20.8 Å². The summed E-state index contributed by atoms with van der Waals surface area (Å²) in [7, 11) is 0. The molecular formula is C11H14BrNO2. The van der Waals surface area contributed by atoms with Crippen LogP contribution < -0.4 is 0 Å². The quantitative estimate of drug-likeness (QED) is 0.792. The van der Waals surface area contributed by atoms with E-state index >= 15 is 0 Å². The van der Waals surface area contributed by atoms with E-state index in [1.807, 2.05) is 12.1 Å². The van der Waals surface area contributed by atoms with Gasteiger partial charge in [-0.15, -0.1) is 0 Å². The van der Waals surface area contributed by atoms with Crippen molar-refractivity contribution in [1.82, 2.24) is 4.90 Å². The highest BCUT2D eigenvalue weighted by Crippen LogP contribution is 2.19. The molecule has 0 aliphatic carbocycles. The van der Waals surface area contributed by atoms with Crippen LogP contribution in [0.25, 0.3) is 0 Å². The Kier molecular flexibility index (Phi) is 3.59. The van der Waals surface area contributed by atoms with Crippen LogP contribution in [-0.2, 0) is 11.3 Å². The molecule has 0 N–H and O–H groups in total. The van der Waals surface area contributed by atoms with E-state index in [1.165, 1.54) is 0 Å². The summed E-state index contributed by atoms with van der Waals surface area (Å²) in [6.45, 7) is 2.72. The number of hydrogen-bond acceptors (Lipinski definition) is 3. The molecule has 1 aromatic heterocycles. The number of piperidine rings is 1. The van der Waals surface area contributed by atoms with Gasteiger partial charge in [0.2, 0.25) is 0 Å². The highest BCUT2D eigenvalue weighted by atomic mass is 79.9. The molecule has 2 rings (SSSR count). The summed E-state index contributed by atoms with van der Waals surface area (Å²) in [6, 6.07) is 3.87. The number of carbonyl (C=O) groups is 1. The average Bonchev–Trinajstić information content (AvgIpc) is 2.64. The van der Waals surface area contributed by atoms with Gasteiger partial charge in [0, 0.05) is 12.5 Å². The molecule has 4 heteroatoms. The van der Waals surface area contributed by atoms with Gasteiger partial charge in [0.15, 0.2) is 4.67 Å². The van der Waals surface area contributed by atoms with E-state index in [-0.39, 0.29) is 5.92 Å². The third-order valence-electron chi connectivity index (χ3n) is 2.74. The molecule has 1 aliphatic heterocycles. The van der Waals surface area contributed by atoms with E-state index in [1.54, 1.807) is 0 Å². The summed E-state index contributed by atoms with van der Waals surface area (Å²) in [5.74, 6) is 1.16. The van der Waals surface area contributed by atoms with Crippen molar-refractivity contribution in [2.24, 2.45) is 5.92 Å². The van der Waals surface area contributed by atoms with Crippen molar-refractivity contribution in [3.8, 4) is 0 Å². The lowest BCUT2D eigenvalue weighted by Gasteiger charge is -2.29. The van der Waals surface area contributed by atoms with Crippen molar-refractivity contribution in [2.45, 2.75) is 19.4 Å². The lowest BCUT2D eigenvalue weighted by molar-refractivity contribution is -0.112. The Morgan fingerprint density at radius 3 is 3.13 bits per heavy atom. The van der Waals surface area contributed by atoms with Crippen LogP contribution in [0, 0.1) is 5.92 Å². The number of nitrogens with zero attached hydrogens (tertiary/aromatic N) is 1. The van der Waals surface area contributed by atoms with Crippen LogP contribution >= 0.6 is 15.9 Å². The Labute approximate surface area is 97.6 Å². The molecule has 2 heterocycles. The summed E-state index contributed by atoms with van der Waals surface area (Å²) >= 11 is 3.28. The van der Waals surface area contributed by atoms with Crippen LogP contribution in [0.3, 0.4) is 0 Å². The van der Waals surface area contributed by atoms with Crippen LogP contribution in [0.4, 0.5) is 0 Å². The number of halogens is 1. The first-order valence-electron chi connectivity index (χ1n) is 5.20. The van der Waals surface area contributed by atoms with Crippen molar-refractivity contribution in [2.75, 3.05) is 13.1 Å². The van der Waals surface area contributed by atoms with Gasteiger partial charge in [-0.25, -0.2) is 0 Å². The average molecular weight is 272 g/mol. The first kappa shape index (κ1) is 10.9. The van der Waals surface area contributed by atoms with Crippen molar-refractivity contribution in [1.29, 1.82) is 0 Å². The lowest BCUT2D eigenvalue weighted by Crippen LogP contribution is -2.35. The van der Waals surface area contributed by atoms with E-state index in [9.17, 15) is 4.79 Å². The fraction of sp³-hybridized carbons (Fsp3) is 0.545. The van der Waals surface area contributed by atoms with Crippen molar-refractivity contribution < 1.29 is 9.21 Å². The zero-order chi connectivity index (χ0) is 10.7. The molecule has 1 atom stereocenters. The molecule has 3 nitrogen and oxygen atoms in total. The number of aldehydes is 1. The van der Waals surface area contributed by atoms with Crippen LogP contribution in [0.2, 0.25) is 0 Å². The second-order valence-electron chi connectivity index (χ2n) is 3.98. The Hall–Kier alpha value is -0.610. The predicted molar refractivity (Wildman–Crippen MR) is 60.5 cm³/mol. The maximum atomic E-state index is 10.7. The largest absolute Gasteiger partial charge is 0.453 e. The third-order valence-corrected chi connectivity index (χ3v) is 3.17. The summed E-state index contributed by atoms with van der Waals surface area (Å²) in [5.41, 5.74) is 0. The lowest BCUT2D eigenvalue weighted by atomic mass is 10.00. The van der Waals surface area contributed by atoms with Gasteiger partial charge in [-0.2, -0.15) is 0 Å². The molecule has 1 aromatic rings. The molecule has 82 valence electrons. The molecule has 0 aromatic carbocycles. The minimum absolute atomic E-state index is 0.206. The van der Waals surface area contributed by atoms with Gasteiger partial charge in [-0.05, 0) is 47.4 Å². The fourth-order valence-corrected chi connectivity index (χ4v) is 2.34. The molecule has 0 amide bonds. The maximum Gasteiger partial charge on any atom is 0.169 e. The molecule has 1 aliphatic rings. The molecule has 0 spiro atoms. The molecule has 1 fully saturated rings. The van der Waals surface area contributed by atoms with E-state index in [0.29, 0.717) is 0 Å². The second kappa shape index (κ2) is 4.94. The van der Waals surface area contributed by atoms with E-state index < -0.39 is 0 Å². The van der Waals surface area contributed by atoms with Crippen molar-refractivity contribution in [3.05, 3.63) is 22.6 Å². The van der Waals surface area contributed by atoms with Crippen LogP contribution in [0.1, 0.15) is 18.6 Å². The number of carbonyl (C=O) groups excluding carboxylic acids is 1. The minimum Gasteiger partial charge on any atom is -0.453 e. The highest BCUT2D eigenvalue weighted by Gasteiger charge is 2.19. The van der Waals surface area contributed by atoms with Crippen LogP contribution in [-0.4, -0.2) is 24.3 Å². The summed E-state index contributed by atoms with van der Waals surface area (Å²) in [4.78, 5) is 13.0. The Balaban J connectivity index is 1.91. The third kappa shape index (κ3) is 2.92. The summed E-state index contributed by atoms with van der Waals surface area (Å²) in [6.07, 6.45) is 3.21. The monoisotopic (exact) mass is 271 g/mol. The molecule has 0 bridgehead atoms. The van der Waals surface area contributed by atoms with E-state index in [4.69, 9.17) is 4.42 Å². The van der Waals surface area contributed by atoms with Gasteiger partial charge in [0.25, 0.3) is 0 Å². The topological polar surface area (TPSA) is 33.5 Å². The zero-order valence-electron chi connectivity index (χ0n) is 8.49. The molecule has 0 radical (unpaired) electrons. The maximum absolute atomic E-state index is 10.7. The Bertz CT molecular complexity index is 337. The molecular weight excluding hydrogens is 258 g/mol. The fourth-order valence-electron chi connectivity index (χ4n) is 2.00. The smallest absolute Gasteiger partial charge is 0.169 e. The SMILES string of the molecule is O=CC1CCCN(Cc2ccc(Br)o2)C1. The zero-order valence-corrected chi connectivity index (χ0v) is 10.1. The normalized spacial score (nSPS) is 22.9. The Morgan fingerprint density at radius 2 is 2.47 bits per heavy atom. The summed E-state index contributed by atoms with van der Waals surface area (Å²) < 4.78 is 6.21. The Morgan fingerprint density at radius 1 is 1.60 bits per heavy atom. The number of rotatable bonds is 3. The van der Waals surface area contributed by atoms with Gasteiger partial charge in [-0.3, -0.25) is 4.90 Å². The number of furan rings is 1. The molecule has 1 saturated heterocycles. The van der Waals surface area contributed by atoms with Gasteiger partial charge >= 0.3 is 0 Å². The van der Waals surface area contributed by atoms with Crippen LogP contribution in [0.5, 0.6) is 0 Å². The molecule has 15 heavy (non-hydrogen) atoms. The predicted octanol–water partition coefficient (Wildman–Crippen LogP) is 2.45. The second-order valence-corrected chi connectivity index (χ2v) is 4.76. The molecule has 0 saturated carbocycles. The van der Waals surface area contributed by atoms with Gasteiger partial charge < -0.3 is 9.21 Å². The van der Waals surface area contributed by atoms with Crippen molar-refractivity contribution in [3.63, 3.8) is 0 Å². The number of hydrogen-bond donors (Lipinski definition) is 0. The van der Waals surface area contributed by atoms with Crippen LogP contribution in [0.15, 0.2) is 21.2 Å². The van der Waals surface area contributed by atoms with Crippen molar-refractivity contribution >= 4 is 22.2 Å². The molecule has 1 unspecified atom stereocenters. The highest BCUT2D eigenvalue weighted by molar-refractivity contribution is 9.10. The van der Waals surface area contributed by atoms with Gasteiger partial charge in [-0.1, -0.05) is 0 Å². The first-order valence-corrected chi connectivity index (χ1v) is 5.99. The minimum atomic E-state index is 0.206. The van der Waals surface area contributed by atoms with Gasteiger partial charge in [0.05, 0.1) is 6.54 Å². The summed E-state index contributed by atoms with van der Waals surface area (Å²) in [5, 5.41) is 0.